The predicted octanol–water partition coefficient (Wildman–Crippen LogP) is 5.11. The fourth-order valence-electron chi connectivity index (χ4n) is 3.97. The van der Waals surface area contributed by atoms with E-state index in [1.54, 1.807) is 51.7 Å². The number of carbonyl (C=O) groups is 1. The molecule has 0 saturated heterocycles. The van der Waals surface area contributed by atoms with Crippen LogP contribution in [0.15, 0.2) is 59.8 Å². The SMILES string of the molecule is COc1cc(C2CC(c3ccc(OC)c(OC)c3OC)=NO2)ccc1OC(=O)c1ccccc1C. The molecule has 0 N–H and O–H groups in total. The lowest BCUT2D eigenvalue weighted by Gasteiger charge is -2.16. The summed E-state index contributed by atoms with van der Waals surface area (Å²) in [6.45, 7) is 1.86. The van der Waals surface area contributed by atoms with Crippen molar-refractivity contribution in [2.75, 3.05) is 28.4 Å². The van der Waals surface area contributed by atoms with Crippen LogP contribution >= 0.6 is 0 Å². The molecule has 0 amide bonds. The average Bonchev–Trinajstić information content (AvgIpc) is 3.38. The molecule has 1 aliphatic heterocycles. The Morgan fingerprint density at radius 3 is 2.26 bits per heavy atom. The van der Waals surface area contributed by atoms with Crippen molar-refractivity contribution in [3.05, 3.63) is 76.9 Å². The molecular weight excluding hydrogens is 450 g/mol. The van der Waals surface area contributed by atoms with E-state index < -0.39 is 5.97 Å². The molecule has 8 nitrogen and oxygen atoms in total. The van der Waals surface area contributed by atoms with Crippen LogP contribution in [0.5, 0.6) is 28.7 Å². The van der Waals surface area contributed by atoms with E-state index in [-0.39, 0.29) is 6.10 Å². The Hall–Kier alpha value is -4.20. The number of nitrogens with zero attached hydrogens (tertiary/aromatic N) is 1. The number of methoxy groups -OCH3 is 4. The molecule has 182 valence electrons. The van der Waals surface area contributed by atoms with Gasteiger partial charge in [0.15, 0.2) is 29.1 Å². The fraction of sp³-hybridized carbons (Fsp3) is 0.259. The molecule has 1 heterocycles. The van der Waals surface area contributed by atoms with E-state index >= 15 is 0 Å². The standard InChI is InChI=1S/C27H27NO7/c1-16-8-6-7-9-18(16)27(29)34-21-12-10-17(14-24(21)31-3)23-15-20(28-35-23)19-11-13-22(30-2)26(33-5)25(19)32-4/h6-14,23H,15H2,1-5H3. The first-order valence-corrected chi connectivity index (χ1v) is 11.0. The molecule has 0 spiro atoms. The average molecular weight is 478 g/mol. The summed E-state index contributed by atoms with van der Waals surface area (Å²) < 4.78 is 27.5. The lowest BCUT2D eigenvalue weighted by molar-refractivity contribution is 0.0728. The van der Waals surface area contributed by atoms with Gasteiger partial charge in [0, 0.05) is 12.0 Å². The third kappa shape index (κ3) is 4.73. The quantitative estimate of drug-likeness (QED) is 0.329. The lowest BCUT2D eigenvalue weighted by Crippen LogP contribution is -2.11. The van der Waals surface area contributed by atoms with Crippen molar-refractivity contribution in [1.82, 2.24) is 0 Å². The van der Waals surface area contributed by atoms with E-state index in [0.29, 0.717) is 46.4 Å². The van der Waals surface area contributed by atoms with Crippen LogP contribution in [0.4, 0.5) is 0 Å². The fourth-order valence-corrected chi connectivity index (χ4v) is 3.97. The van der Waals surface area contributed by atoms with Gasteiger partial charge in [0.25, 0.3) is 0 Å². The van der Waals surface area contributed by atoms with Crippen LogP contribution < -0.4 is 23.7 Å². The van der Waals surface area contributed by atoms with Gasteiger partial charge in [-0.15, -0.1) is 0 Å². The molecule has 4 rings (SSSR count). The van der Waals surface area contributed by atoms with Gasteiger partial charge >= 0.3 is 5.97 Å². The van der Waals surface area contributed by atoms with Crippen LogP contribution in [-0.2, 0) is 4.84 Å². The molecule has 0 saturated carbocycles. The zero-order valence-corrected chi connectivity index (χ0v) is 20.3. The number of benzene rings is 3. The number of ether oxygens (including phenoxy) is 5. The largest absolute Gasteiger partial charge is 0.493 e. The Bertz CT molecular complexity index is 1270. The Balaban J connectivity index is 1.54. The molecule has 0 bridgehead atoms. The summed E-state index contributed by atoms with van der Waals surface area (Å²) in [5, 5.41) is 4.29. The van der Waals surface area contributed by atoms with Gasteiger partial charge in [0.1, 0.15) is 0 Å². The first-order chi connectivity index (χ1) is 17.0. The van der Waals surface area contributed by atoms with Crippen molar-refractivity contribution in [3.63, 3.8) is 0 Å². The molecule has 8 heteroatoms. The van der Waals surface area contributed by atoms with Crippen molar-refractivity contribution in [1.29, 1.82) is 0 Å². The minimum atomic E-state index is -0.447. The maximum atomic E-state index is 12.7. The van der Waals surface area contributed by atoms with E-state index in [1.165, 1.54) is 7.11 Å². The minimum Gasteiger partial charge on any atom is -0.493 e. The molecule has 1 aliphatic rings. The van der Waals surface area contributed by atoms with Crippen molar-refractivity contribution >= 4 is 11.7 Å². The van der Waals surface area contributed by atoms with Crippen molar-refractivity contribution in [3.8, 4) is 28.7 Å². The van der Waals surface area contributed by atoms with Crippen molar-refractivity contribution in [2.24, 2.45) is 5.16 Å². The zero-order valence-electron chi connectivity index (χ0n) is 20.3. The molecule has 1 unspecified atom stereocenters. The van der Waals surface area contributed by atoms with Crippen LogP contribution in [-0.4, -0.2) is 40.1 Å². The molecule has 3 aromatic carbocycles. The molecule has 1 atom stereocenters. The first kappa shape index (κ1) is 23.9. The molecule has 0 aliphatic carbocycles. The highest BCUT2D eigenvalue weighted by Gasteiger charge is 2.29. The number of hydrogen-bond acceptors (Lipinski definition) is 8. The molecule has 35 heavy (non-hydrogen) atoms. The van der Waals surface area contributed by atoms with Gasteiger partial charge in [0.2, 0.25) is 5.75 Å². The number of carbonyl (C=O) groups excluding carboxylic acids is 1. The topological polar surface area (TPSA) is 84.8 Å². The predicted molar refractivity (Wildman–Crippen MR) is 130 cm³/mol. The van der Waals surface area contributed by atoms with E-state index in [9.17, 15) is 4.79 Å². The van der Waals surface area contributed by atoms with Crippen LogP contribution in [0.25, 0.3) is 0 Å². The summed E-state index contributed by atoms with van der Waals surface area (Å²) in [6.07, 6.45) is 0.148. The van der Waals surface area contributed by atoms with E-state index in [1.807, 2.05) is 31.2 Å². The molecule has 3 aromatic rings. The van der Waals surface area contributed by atoms with Gasteiger partial charge in [-0.25, -0.2) is 4.79 Å². The van der Waals surface area contributed by atoms with Crippen LogP contribution in [0.2, 0.25) is 0 Å². The summed E-state index contributed by atoms with van der Waals surface area (Å²) in [6, 6.07) is 16.2. The van der Waals surface area contributed by atoms with Crippen LogP contribution in [0, 0.1) is 6.92 Å². The molecule has 0 fully saturated rings. The summed E-state index contributed by atoms with van der Waals surface area (Å²) in [4.78, 5) is 18.4. The number of hydrogen-bond donors (Lipinski definition) is 0. The zero-order chi connectivity index (χ0) is 24.9. The van der Waals surface area contributed by atoms with Gasteiger partial charge in [-0.05, 0) is 48.4 Å². The molecule has 0 radical (unpaired) electrons. The Labute approximate surface area is 204 Å². The first-order valence-electron chi connectivity index (χ1n) is 11.0. The Morgan fingerprint density at radius 1 is 0.857 bits per heavy atom. The van der Waals surface area contributed by atoms with Crippen LogP contribution in [0.3, 0.4) is 0 Å². The van der Waals surface area contributed by atoms with Gasteiger partial charge in [0.05, 0.1) is 39.7 Å². The number of esters is 1. The Kier molecular flexibility index (Phi) is 7.10. The van der Waals surface area contributed by atoms with E-state index in [0.717, 1.165) is 16.7 Å². The molecule has 0 aromatic heterocycles. The molecular formula is C27H27NO7. The van der Waals surface area contributed by atoms with E-state index in [4.69, 9.17) is 28.5 Å². The normalized spacial score (nSPS) is 14.5. The second-order valence-electron chi connectivity index (χ2n) is 7.83. The van der Waals surface area contributed by atoms with Gasteiger partial charge in [-0.2, -0.15) is 0 Å². The third-order valence-corrected chi connectivity index (χ3v) is 5.81. The third-order valence-electron chi connectivity index (χ3n) is 5.81. The summed E-state index contributed by atoms with van der Waals surface area (Å²) in [5.41, 5.74) is 3.63. The number of rotatable bonds is 8. The smallest absolute Gasteiger partial charge is 0.343 e. The monoisotopic (exact) mass is 477 g/mol. The summed E-state index contributed by atoms with van der Waals surface area (Å²) in [5.74, 6) is 1.86. The van der Waals surface area contributed by atoms with Crippen molar-refractivity contribution in [2.45, 2.75) is 19.4 Å². The second kappa shape index (κ2) is 10.4. The van der Waals surface area contributed by atoms with Crippen LogP contribution in [0.1, 0.15) is 39.6 Å². The number of aryl methyl sites for hydroxylation is 1. The number of oxime groups is 1. The van der Waals surface area contributed by atoms with Gasteiger partial charge in [-0.3, -0.25) is 0 Å². The Morgan fingerprint density at radius 2 is 1.57 bits per heavy atom. The van der Waals surface area contributed by atoms with E-state index in [2.05, 4.69) is 5.16 Å². The second-order valence-corrected chi connectivity index (χ2v) is 7.83. The maximum absolute atomic E-state index is 12.7. The minimum absolute atomic E-state index is 0.324. The summed E-state index contributed by atoms with van der Waals surface area (Å²) in [7, 11) is 6.21. The van der Waals surface area contributed by atoms with Gasteiger partial charge in [-0.1, -0.05) is 29.4 Å². The highest BCUT2D eigenvalue weighted by Crippen LogP contribution is 2.43. The van der Waals surface area contributed by atoms with Crippen molar-refractivity contribution < 1.29 is 33.3 Å². The highest BCUT2D eigenvalue weighted by molar-refractivity contribution is 6.04. The lowest BCUT2D eigenvalue weighted by atomic mass is 9.99. The van der Waals surface area contributed by atoms with Gasteiger partial charge < -0.3 is 28.5 Å². The maximum Gasteiger partial charge on any atom is 0.343 e. The summed E-state index contributed by atoms with van der Waals surface area (Å²) >= 11 is 0. The highest BCUT2D eigenvalue weighted by atomic mass is 16.6.